The van der Waals surface area contributed by atoms with E-state index in [4.69, 9.17) is 0 Å². The molecule has 1 aromatic heterocycles. The quantitative estimate of drug-likeness (QED) is 0.710. The minimum Gasteiger partial charge on any atom is -0.331 e. The third-order valence-electron chi connectivity index (χ3n) is 4.90. The molecule has 0 saturated carbocycles. The van der Waals surface area contributed by atoms with Crippen LogP contribution in [0.4, 0.5) is 4.39 Å². The van der Waals surface area contributed by atoms with E-state index in [1.165, 1.54) is 12.1 Å². The Labute approximate surface area is 151 Å². The van der Waals surface area contributed by atoms with Gasteiger partial charge in [0.1, 0.15) is 5.82 Å². The van der Waals surface area contributed by atoms with Gasteiger partial charge in [-0.3, -0.25) is 4.79 Å². The Hall–Kier alpha value is -2.95. The van der Waals surface area contributed by atoms with Gasteiger partial charge in [-0.05, 0) is 68.3 Å². The van der Waals surface area contributed by atoms with Crippen molar-refractivity contribution < 1.29 is 9.18 Å². The van der Waals surface area contributed by atoms with Gasteiger partial charge >= 0.3 is 0 Å². The van der Waals surface area contributed by atoms with E-state index in [1.807, 2.05) is 53.8 Å². The number of likely N-dealkylation sites (tertiary alicyclic amines) is 1. The first kappa shape index (κ1) is 16.5. The predicted octanol–water partition coefficient (Wildman–Crippen LogP) is 4.22. The maximum Gasteiger partial charge on any atom is 0.254 e. The molecule has 5 heteroatoms. The summed E-state index contributed by atoms with van der Waals surface area (Å²) in [6, 6.07) is 16.0. The Bertz CT molecular complexity index is 944. The Morgan fingerprint density at radius 3 is 2.31 bits per heavy atom. The summed E-state index contributed by atoms with van der Waals surface area (Å²) < 4.78 is 15.0. The smallest absolute Gasteiger partial charge is 0.254 e. The summed E-state index contributed by atoms with van der Waals surface area (Å²) >= 11 is 0. The molecule has 4 nitrogen and oxygen atoms in total. The van der Waals surface area contributed by atoms with Crippen LogP contribution in [-0.2, 0) is 0 Å². The number of benzene rings is 2. The van der Waals surface area contributed by atoms with E-state index in [0.29, 0.717) is 5.56 Å². The van der Waals surface area contributed by atoms with E-state index in [1.54, 1.807) is 12.1 Å². The fourth-order valence-corrected chi connectivity index (χ4v) is 3.46. The highest BCUT2D eigenvalue weighted by Gasteiger charge is 2.33. The zero-order valence-corrected chi connectivity index (χ0v) is 14.8. The fraction of sp³-hybridized carbons (Fsp3) is 0.238. The van der Waals surface area contributed by atoms with Crippen molar-refractivity contribution in [3.8, 4) is 5.69 Å². The first-order chi connectivity index (χ1) is 12.5. The van der Waals surface area contributed by atoms with Crippen molar-refractivity contribution in [2.24, 2.45) is 0 Å². The van der Waals surface area contributed by atoms with Crippen molar-refractivity contribution in [1.82, 2.24) is 14.7 Å². The molecule has 1 fully saturated rings. The minimum absolute atomic E-state index is 0.00509. The Morgan fingerprint density at radius 2 is 1.77 bits per heavy atom. The van der Waals surface area contributed by atoms with Crippen molar-refractivity contribution in [3.05, 3.63) is 82.9 Å². The van der Waals surface area contributed by atoms with Crippen LogP contribution in [0, 0.1) is 19.7 Å². The van der Waals surface area contributed by atoms with E-state index in [0.717, 1.165) is 35.6 Å². The van der Waals surface area contributed by atoms with Crippen LogP contribution < -0.4 is 0 Å². The number of carbonyl (C=O) groups is 1. The summed E-state index contributed by atoms with van der Waals surface area (Å²) in [4.78, 5) is 14.7. The molecule has 0 bridgehead atoms. The van der Waals surface area contributed by atoms with Crippen molar-refractivity contribution >= 4 is 5.91 Å². The molecule has 0 aliphatic carbocycles. The van der Waals surface area contributed by atoms with Crippen LogP contribution in [0.2, 0.25) is 0 Å². The molecular formula is C21H20FN3O. The highest BCUT2D eigenvalue weighted by molar-refractivity contribution is 5.95. The maximum absolute atomic E-state index is 13.1. The summed E-state index contributed by atoms with van der Waals surface area (Å²) in [6.07, 6.45) is 0.904. The molecule has 3 aromatic rings. The van der Waals surface area contributed by atoms with Crippen LogP contribution >= 0.6 is 0 Å². The molecule has 26 heavy (non-hydrogen) atoms. The summed E-state index contributed by atoms with van der Waals surface area (Å²) in [5.41, 5.74) is 4.59. The normalized spacial score (nSPS) is 16.4. The topological polar surface area (TPSA) is 38.1 Å². The molecular weight excluding hydrogens is 329 g/mol. The first-order valence-corrected chi connectivity index (χ1v) is 8.73. The molecule has 1 aliphatic heterocycles. The van der Waals surface area contributed by atoms with Gasteiger partial charge < -0.3 is 4.90 Å². The van der Waals surface area contributed by atoms with Crippen LogP contribution in [0.25, 0.3) is 5.69 Å². The largest absolute Gasteiger partial charge is 0.331 e. The zero-order chi connectivity index (χ0) is 18.3. The molecule has 0 N–H and O–H groups in total. The lowest BCUT2D eigenvalue weighted by Crippen LogP contribution is -2.45. The van der Waals surface area contributed by atoms with Crippen LogP contribution in [0.5, 0.6) is 0 Å². The van der Waals surface area contributed by atoms with Crippen LogP contribution in [0.3, 0.4) is 0 Å². The number of nitrogens with zero attached hydrogens (tertiary/aromatic N) is 3. The molecule has 0 radical (unpaired) electrons. The number of halogens is 1. The van der Waals surface area contributed by atoms with E-state index < -0.39 is 0 Å². The van der Waals surface area contributed by atoms with Crippen LogP contribution in [-0.4, -0.2) is 27.1 Å². The number of rotatable bonds is 3. The predicted molar refractivity (Wildman–Crippen MR) is 97.8 cm³/mol. The number of hydrogen-bond acceptors (Lipinski definition) is 2. The van der Waals surface area contributed by atoms with Crippen molar-refractivity contribution in [3.63, 3.8) is 0 Å². The molecule has 132 valence electrons. The van der Waals surface area contributed by atoms with E-state index >= 15 is 0 Å². The molecule has 1 atom stereocenters. The Kier molecular flexibility index (Phi) is 4.07. The monoisotopic (exact) mass is 349 g/mol. The summed E-state index contributed by atoms with van der Waals surface area (Å²) in [7, 11) is 0. The van der Waals surface area contributed by atoms with Crippen LogP contribution in [0.1, 0.15) is 39.8 Å². The number of carbonyl (C=O) groups excluding carboxylic acids is 1. The van der Waals surface area contributed by atoms with Gasteiger partial charge in [0, 0.05) is 17.8 Å². The second kappa shape index (κ2) is 6.41. The average Bonchev–Trinajstić information content (AvgIpc) is 2.94. The standard InChI is InChI=1S/C21H20FN3O/c1-14-13-15(2)25(23-14)19-9-5-17(6-10-19)21(26)24-12-11-20(24)16-3-7-18(22)8-4-16/h3-10,13,20H,11-12H2,1-2H3. The van der Waals surface area contributed by atoms with Crippen molar-refractivity contribution in [2.45, 2.75) is 26.3 Å². The molecule has 1 aliphatic rings. The van der Waals surface area contributed by atoms with Gasteiger partial charge in [-0.1, -0.05) is 12.1 Å². The average molecular weight is 349 g/mol. The summed E-state index contributed by atoms with van der Waals surface area (Å²) in [6.45, 7) is 4.69. The van der Waals surface area contributed by atoms with Crippen molar-refractivity contribution in [1.29, 1.82) is 0 Å². The van der Waals surface area contributed by atoms with E-state index in [-0.39, 0.29) is 17.8 Å². The molecule has 2 heterocycles. The van der Waals surface area contributed by atoms with Crippen molar-refractivity contribution in [2.75, 3.05) is 6.54 Å². The third kappa shape index (κ3) is 2.90. The SMILES string of the molecule is Cc1cc(C)n(-c2ccc(C(=O)N3CCC3c3ccc(F)cc3)cc2)n1. The number of hydrogen-bond donors (Lipinski definition) is 0. The highest BCUT2D eigenvalue weighted by Crippen LogP contribution is 2.34. The molecule has 0 spiro atoms. The Morgan fingerprint density at radius 1 is 1.08 bits per heavy atom. The molecule has 1 amide bonds. The number of aryl methyl sites for hydroxylation is 2. The Balaban J connectivity index is 1.53. The zero-order valence-electron chi connectivity index (χ0n) is 14.8. The molecule has 2 aromatic carbocycles. The van der Waals surface area contributed by atoms with Gasteiger partial charge in [0.15, 0.2) is 0 Å². The lowest BCUT2D eigenvalue weighted by Gasteiger charge is -2.41. The number of aromatic nitrogens is 2. The van der Waals surface area contributed by atoms with Gasteiger partial charge in [0.25, 0.3) is 5.91 Å². The second-order valence-electron chi connectivity index (χ2n) is 6.74. The lowest BCUT2D eigenvalue weighted by atomic mass is 9.93. The van der Waals surface area contributed by atoms with Gasteiger partial charge in [-0.2, -0.15) is 5.10 Å². The summed E-state index contributed by atoms with van der Waals surface area (Å²) in [5.74, 6) is -0.254. The molecule has 4 rings (SSSR count). The molecule has 1 saturated heterocycles. The lowest BCUT2D eigenvalue weighted by molar-refractivity contribution is 0.0460. The number of amides is 1. The minimum atomic E-state index is -0.259. The fourth-order valence-electron chi connectivity index (χ4n) is 3.46. The van der Waals surface area contributed by atoms with Gasteiger partial charge in [-0.15, -0.1) is 0 Å². The second-order valence-corrected chi connectivity index (χ2v) is 6.74. The first-order valence-electron chi connectivity index (χ1n) is 8.73. The molecule has 1 unspecified atom stereocenters. The summed E-state index contributed by atoms with van der Waals surface area (Å²) in [5, 5.41) is 4.47. The van der Waals surface area contributed by atoms with E-state index in [2.05, 4.69) is 5.10 Å². The maximum atomic E-state index is 13.1. The van der Waals surface area contributed by atoms with Gasteiger partial charge in [0.05, 0.1) is 17.4 Å². The highest BCUT2D eigenvalue weighted by atomic mass is 19.1. The van der Waals surface area contributed by atoms with Gasteiger partial charge in [-0.25, -0.2) is 9.07 Å². The third-order valence-corrected chi connectivity index (χ3v) is 4.90. The van der Waals surface area contributed by atoms with E-state index in [9.17, 15) is 9.18 Å². The van der Waals surface area contributed by atoms with Gasteiger partial charge in [0.2, 0.25) is 0 Å². The van der Waals surface area contributed by atoms with Crippen LogP contribution in [0.15, 0.2) is 54.6 Å².